The van der Waals surface area contributed by atoms with E-state index in [0.717, 1.165) is 37.5 Å². The minimum absolute atomic E-state index is 0.0339. The van der Waals surface area contributed by atoms with E-state index in [1.807, 2.05) is 0 Å². The maximum Gasteiger partial charge on any atom is 0.165 e. The molecule has 0 bridgehead atoms. The molecule has 1 N–H and O–H groups in total. The van der Waals surface area contributed by atoms with Gasteiger partial charge in [0, 0.05) is 5.41 Å². The summed E-state index contributed by atoms with van der Waals surface area (Å²) in [4.78, 5) is 12.6. The molecule has 0 aromatic carbocycles. The van der Waals surface area contributed by atoms with Crippen LogP contribution in [0.1, 0.15) is 79.1 Å². The quantitative estimate of drug-likeness (QED) is 0.727. The largest absolute Gasteiger partial charge is 0.393 e. The Hall–Kier alpha value is -0.410. The van der Waals surface area contributed by atoms with Gasteiger partial charge in [0.2, 0.25) is 0 Å². The van der Waals surface area contributed by atoms with E-state index in [4.69, 9.17) is 4.74 Å². The number of aliphatic hydroxyl groups excluding tert-OH is 1. The summed E-state index contributed by atoms with van der Waals surface area (Å²) >= 11 is 0. The van der Waals surface area contributed by atoms with Crippen molar-refractivity contribution in [2.75, 3.05) is 0 Å². The molecule has 1 saturated heterocycles. The molecule has 3 heteroatoms. The van der Waals surface area contributed by atoms with Gasteiger partial charge in [0.1, 0.15) is 5.60 Å². The van der Waals surface area contributed by atoms with E-state index in [0.29, 0.717) is 17.3 Å². The van der Waals surface area contributed by atoms with Crippen molar-refractivity contribution < 1.29 is 14.6 Å². The molecule has 0 unspecified atom stereocenters. The number of carbonyl (C=O) groups is 1. The summed E-state index contributed by atoms with van der Waals surface area (Å²) in [6.07, 6.45) is 9.14. The molecule has 140 valence electrons. The molecule has 3 nitrogen and oxygen atoms in total. The first-order chi connectivity index (χ1) is 11.7. The van der Waals surface area contributed by atoms with Crippen molar-refractivity contribution in [3.63, 3.8) is 0 Å². The Morgan fingerprint density at radius 2 is 1.80 bits per heavy atom. The van der Waals surface area contributed by atoms with Crippen LogP contribution in [0.2, 0.25) is 0 Å². The van der Waals surface area contributed by atoms with Crippen LogP contribution >= 0.6 is 0 Å². The second kappa shape index (κ2) is 4.70. The van der Waals surface area contributed by atoms with Crippen LogP contribution in [0, 0.1) is 34.5 Å². The number of ketones is 1. The number of ether oxygens (including phenoxy) is 1. The lowest BCUT2D eigenvalue weighted by atomic mass is 9.44. The molecule has 25 heavy (non-hydrogen) atoms. The Morgan fingerprint density at radius 3 is 2.52 bits per heavy atom. The van der Waals surface area contributed by atoms with E-state index < -0.39 is 5.60 Å². The van der Waals surface area contributed by atoms with E-state index in [1.54, 1.807) is 6.92 Å². The summed E-state index contributed by atoms with van der Waals surface area (Å²) < 4.78 is 6.20. The van der Waals surface area contributed by atoms with Gasteiger partial charge < -0.3 is 9.84 Å². The van der Waals surface area contributed by atoms with Gasteiger partial charge in [-0.2, -0.15) is 0 Å². The molecule has 1 aliphatic heterocycles. The molecule has 9 atom stereocenters. The van der Waals surface area contributed by atoms with Crippen LogP contribution < -0.4 is 0 Å². The highest BCUT2D eigenvalue weighted by Gasteiger charge is 2.85. The zero-order chi connectivity index (χ0) is 17.8. The van der Waals surface area contributed by atoms with Gasteiger partial charge in [-0.25, -0.2) is 0 Å². The Bertz CT molecular complexity index is 631. The molecule has 0 radical (unpaired) electrons. The van der Waals surface area contributed by atoms with E-state index >= 15 is 0 Å². The van der Waals surface area contributed by atoms with Gasteiger partial charge in [-0.15, -0.1) is 0 Å². The fourth-order valence-corrected chi connectivity index (χ4v) is 8.85. The molecule has 5 aliphatic rings. The smallest absolute Gasteiger partial charge is 0.165 e. The van der Waals surface area contributed by atoms with Crippen LogP contribution in [-0.2, 0) is 9.53 Å². The number of epoxide rings is 1. The molecule has 0 aromatic rings. The van der Waals surface area contributed by atoms with Crippen LogP contribution in [0.25, 0.3) is 0 Å². The topological polar surface area (TPSA) is 49.8 Å². The number of Topliss-reactive ketones (excluding diaryl/α,β-unsaturated/α-hetero) is 1. The Labute approximate surface area is 151 Å². The number of hydrogen-bond acceptors (Lipinski definition) is 3. The average Bonchev–Trinajstić information content (AvgIpc) is 3.13. The third-order valence-electron chi connectivity index (χ3n) is 10.0. The summed E-state index contributed by atoms with van der Waals surface area (Å²) in [5, 5.41) is 10.2. The monoisotopic (exact) mass is 346 g/mol. The minimum Gasteiger partial charge on any atom is -0.393 e. The zero-order valence-corrected chi connectivity index (χ0v) is 16.3. The average molecular weight is 347 g/mol. The first-order valence-electron chi connectivity index (χ1n) is 10.6. The second-order valence-electron chi connectivity index (χ2n) is 10.8. The van der Waals surface area contributed by atoms with E-state index in [9.17, 15) is 9.90 Å². The highest BCUT2D eigenvalue weighted by Crippen LogP contribution is 2.77. The SMILES string of the molecule is CC(=O)[C@@]12O[C@]1(C)C[C@@H]1[C@@H]3CC[C@H]4C[C@H](O)CC[C@]4(C)[C@@H]3CC[C@]12C. The van der Waals surface area contributed by atoms with Gasteiger partial charge in [-0.1, -0.05) is 13.8 Å². The van der Waals surface area contributed by atoms with Gasteiger partial charge in [0.15, 0.2) is 11.4 Å². The Kier molecular flexibility index (Phi) is 3.15. The molecule has 0 spiro atoms. The van der Waals surface area contributed by atoms with Crippen molar-refractivity contribution in [2.24, 2.45) is 34.5 Å². The third kappa shape index (κ3) is 1.74. The van der Waals surface area contributed by atoms with Gasteiger partial charge in [-0.05, 0) is 94.3 Å². The summed E-state index contributed by atoms with van der Waals surface area (Å²) in [6, 6.07) is 0. The number of carbonyl (C=O) groups excluding carboxylic acids is 1. The van der Waals surface area contributed by atoms with Crippen molar-refractivity contribution in [2.45, 2.75) is 96.4 Å². The lowest BCUT2D eigenvalue weighted by Crippen LogP contribution is -2.56. The molecule has 5 rings (SSSR count). The van der Waals surface area contributed by atoms with Crippen molar-refractivity contribution in [3.8, 4) is 0 Å². The number of fused-ring (bicyclic) bond motifs is 7. The zero-order valence-electron chi connectivity index (χ0n) is 16.3. The Morgan fingerprint density at radius 1 is 1.04 bits per heavy atom. The highest BCUT2D eigenvalue weighted by molar-refractivity contribution is 5.91. The van der Waals surface area contributed by atoms with Gasteiger partial charge in [0.05, 0.1) is 6.10 Å². The third-order valence-corrected chi connectivity index (χ3v) is 10.0. The molecule has 4 aliphatic carbocycles. The normalized spacial score (nSPS) is 62.4. The first-order valence-corrected chi connectivity index (χ1v) is 10.6. The fraction of sp³-hybridized carbons (Fsp3) is 0.955. The predicted octanol–water partition coefficient (Wildman–Crippen LogP) is 4.12. The minimum atomic E-state index is -0.490. The van der Waals surface area contributed by atoms with Gasteiger partial charge >= 0.3 is 0 Å². The number of hydrogen-bond donors (Lipinski definition) is 1. The van der Waals surface area contributed by atoms with Crippen LogP contribution in [0.15, 0.2) is 0 Å². The summed E-state index contributed by atoms with van der Waals surface area (Å²) in [5.74, 6) is 3.13. The molecule has 5 fully saturated rings. The number of aliphatic hydroxyl groups is 1. The Balaban J connectivity index is 1.49. The maximum absolute atomic E-state index is 12.6. The van der Waals surface area contributed by atoms with Crippen molar-refractivity contribution in [1.29, 1.82) is 0 Å². The highest BCUT2D eigenvalue weighted by atomic mass is 16.6. The maximum atomic E-state index is 12.6. The molecular weight excluding hydrogens is 312 g/mol. The predicted molar refractivity (Wildman–Crippen MR) is 96.0 cm³/mol. The summed E-state index contributed by atoms with van der Waals surface area (Å²) in [5.41, 5.74) is -0.253. The molecule has 1 heterocycles. The van der Waals surface area contributed by atoms with E-state index in [1.165, 1.54) is 25.7 Å². The van der Waals surface area contributed by atoms with Crippen LogP contribution in [0.5, 0.6) is 0 Å². The van der Waals surface area contributed by atoms with Gasteiger partial charge in [-0.3, -0.25) is 4.79 Å². The lowest BCUT2D eigenvalue weighted by Gasteiger charge is -2.61. The van der Waals surface area contributed by atoms with Gasteiger partial charge in [0.25, 0.3) is 0 Å². The molecule has 4 saturated carbocycles. The first kappa shape index (κ1) is 16.7. The van der Waals surface area contributed by atoms with Crippen LogP contribution in [0.4, 0.5) is 0 Å². The number of rotatable bonds is 1. The van der Waals surface area contributed by atoms with E-state index in [2.05, 4.69) is 20.8 Å². The van der Waals surface area contributed by atoms with Crippen molar-refractivity contribution in [1.82, 2.24) is 0 Å². The molecule has 0 aromatic heterocycles. The van der Waals surface area contributed by atoms with Crippen LogP contribution in [-0.4, -0.2) is 28.2 Å². The standard InChI is InChI=1S/C22H34O3/c1-13(23)22-20(3)10-8-17-16(18(20)12-21(22,4)25-22)6-5-14-11-15(24)7-9-19(14,17)2/h14-18,24H,5-12H2,1-4H3/t14-,15+,16+,17+,18+,19-,20+,21+,22-/m0/s1. The fourth-order valence-electron chi connectivity index (χ4n) is 8.85. The van der Waals surface area contributed by atoms with Crippen LogP contribution in [0.3, 0.4) is 0 Å². The molecular formula is C22H34O3. The second-order valence-corrected chi connectivity index (χ2v) is 10.8. The molecule has 0 amide bonds. The van der Waals surface area contributed by atoms with E-state index in [-0.39, 0.29) is 22.9 Å². The lowest BCUT2D eigenvalue weighted by molar-refractivity contribution is -0.152. The summed E-state index contributed by atoms with van der Waals surface area (Å²) in [7, 11) is 0. The van der Waals surface area contributed by atoms with Crippen molar-refractivity contribution in [3.05, 3.63) is 0 Å². The van der Waals surface area contributed by atoms with Crippen molar-refractivity contribution >= 4 is 5.78 Å². The summed E-state index contributed by atoms with van der Waals surface area (Å²) in [6.45, 7) is 8.84.